The lowest BCUT2D eigenvalue weighted by molar-refractivity contribution is -0.136. The summed E-state index contributed by atoms with van der Waals surface area (Å²) in [6.07, 6.45) is -1.91. The van der Waals surface area contributed by atoms with E-state index in [1.807, 2.05) is 26.0 Å². The lowest BCUT2D eigenvalue weighted by Gasteiger charge is -2.33. The number of rotatable bonds is 9. The van der Waals surface area contributed by atoms with Gasteiger partial charge in [0.25, 0.3) is 5.56 Å². The number of anilines is 1. The summed E-state index contributed by atoms with van der Waals surface area (Å²) >= 11 is 3.42. The number of carbonyl (C=O) groups excluding carboxylic acids is 1. The summed E-state index contributed by atoms with van der Waals surface area (Å²) in [4.78, 5) is 33.9. The molecule has 0 aliphatic heterocycles. The fourth-order valence-corrected chi connectivity index (χ4v) is 4.98. The van der Waals surface area contributed by atoms with E-state index in [4.69, 9.17) is 4.98 Å². The number of nitrogens with zero attached hydrogens (tertiary/aromatic N) is 3. The SMILES string of the molecule is CCCCCN(C(=O)Nc1ccccc1C(F)(F)F)C(CC)c1nc2ccccc2c(=O)n1-c1ccc(Br)cc1. The Balaban J connectivity index is 1.86. The second kappa shape index (κ2) is 12.7. The summed E-state index contributed by atoms with van der Waals surface area (Å²) in [5.41, 5.74) is -0.507. The Morgan fingerprint density at radius 1 is 1.00 bits per heavy atom. The standard InChI is InChI=1S/C30H30BrF3N4O2/c1-3-5-10-19-37(29(40)36-25-14-9-7-12-23(25)30(32,33)34)26(4-2)27-35-24-13-8-6-11-22(24)28(39)38(27)21-17-15-20(31)16-18-21/h6-9,11-18,26H,3-5,10,19H2,1-2H3,(H,36,40). The summed E-state index contributed by atoms with van der Waals surface area (Å²) < 4.78 is 43.4. The van der Waals surface area contributed by atoms with Gasteiger partial charge in [-0.15, -0.1) is 0 Å². The van der Waals surface area contributed by atoms with E-state index < -0.39 is 23.8 Å². The number of alkyl halides is 3. The van der Waals surface area contributed by atoms with E-state index in [2.05, 4.69) is 21.2 Å². The van der Waals surface area contributed by atoms with Crippen LogP contribution in [0, 0.1) is 0 Å². The van der Waals surface area contributed by atoms with Crippen molar-refractivity contribution in [3.8, 4) is 5.69 Å². The Morgan fingerprint density at radius 2 is 1.68 bits per heavy atom. The number of unbranched alkanes of at least 4 members (excludes halogenated alkanes) is 2. The zero-order valence-electron chi connectivity index (χ0n) is 22.2. The van der Waals surface area contributed by atoms with Gasteiger partial charge < -0.3 is 10.2 Å². The predicted molar refractivity (Wildman–Crippen MR) is 155 cm³/mol. The van der Waals surface area contributed by atoms with Gasteiger partial charge in [0.05, 0.1) is 33.9 Å². The highest BCUT2D eigenvalue weighted by Gasteiger charge is 2.35. The second-order valence-corrected chi connectivity index (χ2v) is 10.3. The summed E-state index contributed by atoms with van der Waals surface area (Å²) in [5.74, 6) is 0.337. The molecule has 0 spiro atoms. The molecule has 0 aliphatic rings. The molecule has 40 heavy (non-hydrogen) atoms. The Kier molecular flexibility index (Phi) is 9.29. The first-order valence-electron chi connectivity index (χ1n) is 13.2. The third-order valence-corrected chi connectivity index (χ3v) is 7.21. The lowest BCUT2D eigenvalue weighted by atomic mass is 10.1. The van der Waals surface area contributed by atoms with Gasteiger partial charge in [0.2, 0.25) is 0 Å². The molecule has 6 nitrogen and oxygen atoms in total. The van der Waals surface area contributed by atoms with Crippen molar-refractivity contribution in [2.24, 2.45) is 0 Å². The number of para-hydroxylation sites is 2. The highest BCUT2D eigenvalue weighted by atomic mass is 79.9. The summed E-state index contributed by atoms with van der Waals surface area (Å²) in [6.45, 7) is 4.16. The van der Waals surface area contributed by atoms with Gasteiger partial charge >= 0.3 is 12.2 Å². The molecule has 3 aromatic carbocycles. The summed E-state index contributed by atoms with van der Waals surface area (Å²) in [7, 11) is 0. The Morgan fingerprint density at radius 3 is 2.35 bits per heavy atom. The minimum Gasteiger partial charge on any atom is -0.314 e. The number of carbonyl (C=O) groups is 1. The average molecular weight is 615 g/mol. The molecule has 0 aliphatic carbocycles. The maximum Gasteiger partial charge on any atom is 0.418 e. The van der Waals surface area contributed by atoms with Crippen molar-refractivity contribution in [1.82, 2.24) is 14.5 Å². The number of hydrogen-bond acceptors (Lipinski definition) is 3. The fourth-order valence-electron chi connectivity index (χ4n) is 4.71. The highest BCUT2D eigenvalue weighted by molar-refractivity contribution is 9.10. The van der Waals surface area contributed by atoms with Gasteiger partial charge in [-0.05, 0) is 61.4 Å². The van der Waals surface area contributed by atoms with Crippen LogP contribution < -0.4 is 10.9 Å². The quantitative estimate of drug-likeness (QED) is 0.193. The first-order valence-corrected chi connectivity index (χ1v) is 14.0. The molecule has 1 atom stereocenters. The maximum absolute atomic E-state index is 13.8. The van der Waals surface area contributed by atoms with Crippen LogP contribution in [-0.2, 0) is 6.18 Å². The van der Waals surface area contributed by atoms with E-state index in [1.54, 1.807) is 36.4 Å². The number of amides is 2. The van der Waals surface area contributed by atoms with E-state index in [-0.39, 0.29) is 17.8 Å². The van der Waals surface area contributed by atoms with Crippen LogP contribution >= 0.6 is 15.9 Å². The van der Waals surface area contributed by atoms with Crippen LogP contribution in [0.1, 0.15) is 57.0 Å². The van der Waals surface area contributed by atoms with Crippen LogP contribution in [0.25, 0.3) is 16.6 Å². The van der Waals surface area contributed by atoms with Crippen molar-refractivity contribution in [1.29, 1.82) is 0 Å². The van der Waals surface area contributed by atoms with E-state index in [1.165, 1.54) is 27.7 Å². The molecule has 0 saturated carbocycles. The van der Waals surface area contributed by atoms with Crippen LogP contribution in [0.15, 0.2) is 82.1 Å². The minimum atomic E-state index is -4.64. The number of fused-ring (bicyclic) bond motifs is 1. The zero-order chi connectivity index (χ0) is 28.9. The number of benzene rings is 3. The van der Waals surface area contributed by atoms with Crippen LogP contribution in [0.4, 0.5) is 23.7 Å². The summed E-state index contributed by atoms with van der Waals surface area (Å²) in [5, 5.41) is 2.91. The Labute approximate surface area is 239 Å². The van der Waals surface area contributed by atoms with Crippen LogP contribution in [0.5, 0.6) is 0 Å². The molecule has 1 heterocycles. The van der Waals surface area contributed by atoms with Crippen LogP contribution in [-0.4, -0.2) is 27.0 Å². The topological polar surface area (TPSA) is 67.2 Å². The summed E-state index contributed by atoms with van der Waals surface area (Å²) in [6, 6.07) is 17.6. The first-order chi connectivity index (χ1) is 19.2. The Bertz CT molecular complexity index is 1540. The van der Waals surface area contributed by atoms with Crippen molar-refractivity contribution >= 4 is 38.6 Å². The normalized spacial score (nSPS) is 12.3. The molecule has 210 valence electrons. The van der Waals surface area contributed by atoms with E-state index in [0.717, 1.165) is 23.4 Å². The third-order valence-electron chi connectivity index (χ3n) is 6.68. The lowest BCUT2D eigenvalue weighted by Crippen LogP contribution is -2.41. The molecule has 4 rings (SSSR count). The van der Waals surface area contributed by atoms with Gasteiger partial charge in [-0.2, -0.15) is 13.2 Å². The predicted octanol–water partition coefficient (Wildman–Crippen LogP) is 8.34. The van der Waals surface area contributed by atoms with Gasteiger partial charge in [-0.25, -0.2) is 9.78 Å². The van der Waals surface area contributed by atoms with E-state index >= 15 is 0 Å². The van der Waals surface area contributed by atoms with Crippen LogP contribution in [0.2, 0.25) is 0 Å². The first kappa shape index (κ1) is 29.3. The van der Waals surface area contributed by atoms with E-state index in [0.29, 0.717) is 35.3 Å². The molecule has 0 saturated heterocycles. The second-order valence-electron chi connectivity index (χ2n) is 9.40. The average Bonchev–Trinajstić information content (AvgIpc) is 2.93. The molecule has 1 unspecified atom stereocenters. The van der Waals surface area contributed by atoms with Crippen molar-refractivity contribution in [3.63, 3.8) is 0 Å². The monoisotopic (exact) mass is 614 g/mol. The smallest absolute Gasteiger partial charge is 0.314 e. The number of nitrogens with one attached hydrogen (secondary N) is 1. The molecular formula is C30H30BrF3N4O2. The number of urea groups is 1. The maximum atomic E-state index is 13.8. The molecule has 0 radical (unpaired) electrons. The van der Waals surface area contributed by atoms with Gasteiger partial charge in [0.1, 0.15) is 5.82 Å². The molecule has 0 fully saturated rings. The van der Waals surface area contributed by atoms with Gasteiger partial charge in [-0.1, -0.05) is 66.9 Å². The van der Waals surface area contributed by atoms with Crippen molar-refractivity contribution in [3.05, 3.63) is 99.0 Å². The molecule has 0 bridgehead atoms. The third kappa shape index (κ3) is 6.38. The molecule has 2 amide bonds. The number of hydrogen-bond donors (Lipinski definition) is 1. The molecule has 4 aromatic rings. The highest BCUT2D eigenvalue weighted by Crippen LogP contribution is 2.35. The van der Waals surface area contributed by atoms with Crippen LogP contribution in [0.3, 0.4) is 0 Å². The number of halogens is 4. The zero-order valence-corrected chi connectivity index (χ0v) is 23.8. The molecule has 10 heteroatoms. The largest absolute Gasteiger partial charge is 0.418 e. The molecule has 1 N–H and O–H groups in total. The van der Waals surface area contributed by atoms with Crippen molar-refractivity contribution < 1.29 is 18.0 Å². The Hall–Kier alpha value is -3.66. The van der Waals surface area contributed by atoms with Crippen molar-refractivity contribution in [2.75, 3.05) is 11.9 Å². The van der Waals surface area contributed by atoms with Crippen molar-refractivity contribution in [2.45, 2.75) is 51.7 Å². The van der Waals surface area contributed by atoms with Gasteiger partial charge in [0.15, 0.2) is 0 Å². The van der Waals surface area contributed by atoms with Gasteiger partial charge in [0, 0.05) is 11.0 Å². The minimum absolute atomic E-state index is 0.273. The molecule has 1 aromatic heterocycles. The number of aromatic nitrogens is 2. The van der Waals surface area contributed by atoms with E-state index in [9.17, 15) is 22.8 Å². The fraction of sp³-hybridized carbons (Fsp3) is 0.300. The molecular weight excluding hydrogens is 585 g/mol. The van der Waals surface area contributed by atoms with Gasteiger partial charge in [-0.3, -0.25) is 9.36 Å².